The van der Waals surface area contributed by atoms with E-state index < -0.39 is 8.32 Å². The van der Waals surface area contributed by atoms with Crippen molar-refractivity contribution in [1.29, 1.82) is 0 Å². The molecule has 0 heterocycles. The van der Waals surface area contributed by atoms with E-state index in [-0.39, 0.29) is 22.5 Å². The van der Waals surface area contributed by atoms with Gasteiger partial charge in [-0.2, -0.15) is 0 Å². The van der Waals surface area contributed by atoms with Crippen molar-refractivity contribution < 1.29 is 14.3 Å². The van der Waals surface area contributed by atoms with Crippen LogP contribution in [0.3, 0.4) is 0 Å². The van der Waals surface area contributed by atoms with Gasteiger partial charge in [0.1, 0.15) is 5.75 Å². The summed E-state index contributed by atoms with van der Waals surface area (Å²) in [4.78, 5) is 0. The Balaban J connectivity index is 1.58. The molecule has 2 saturated carbocycles. The molecule has 1 aromatic carbocycles. The van der Waals surface area contributed by atoms with E-state index in [0.29, 0.717) is 23.7 Å². The van der Waals surface area contributed by atoms with Gasteiger partial charge in [-0.1, -0.05) is 40.7 Å². The molecule has 4 rings (SSSR count). The Morgan fingerprint density at radius 1 is 1.23 bits per heavy atom. The van der Waals surface area contributed by atoms with Gasteiger partial charge in [-0.05, 0) is 96.2 Å². The zero-order valence-corrected chi connectivity index (χ0v) is 22.0. The molecular formula is C27H44O3Si. The van der Waals surface area contributed by atoms with E-state index in [9.17, 15) is 5.11 Å². The van der Waals surface area contributed by atoms with E-state index in [2.05, 4.69) is 65.9 Å². The second-order valence-corrected chi connectivity index (χ2v) is 17.4. The Labute approximate surface area is 191 Å². The second kappa shape index (κ2) is 7.88. The SMILES string of the molecule is COc1ccc2c(c1)C[C@@H](C)[C@@H]1[C@@H]2CC[C@@]2(C)[C@@H]1C[C@H](O)[C@H]2CO[Si](C)(C)C(C)(C)C. The van der Waals surface area contributed by atoms with Crippen LogP contribution in [0.25, 0.3) is 0 Å². The van der Waals surface area contributed by atoms with Crippen LogP contribution in [0.15, 0.2) is 18.2 Å². The number of fused-ring (bicyclic) bond motifs is 5. The standard InChI is InChI=1S/C27H44O3Si/c1-17-13-18-14-19(29-6)9-10-20(18)21-11-12-27(5)22(25(17)21)15-24(28)23(27)16-30-31(7,8)26(2,3)4/h9-10,14,17,21-25,28H,11-13,15-16H2,1-8H3/t17-,21-,22-,23-,24+,25-,27+/m1/s1. The maximum Gasteiger partial charge on any atom is 0.191 e. The zero-order chi connectivity index (χ0) is 22.8. The fourth-order valence-electron chi connectivity index (χ4n) is 7.02. The van der Waals surface area contributed by atoms with Gasteiger partial charge < -0.3 is 14.3 Å². The summed E-state index contributed by atoms with van der Waals surface area (Å²) in [6.45, 7) is 17.2. The number of hydrogen-bond acceptors (Lipinski definition) is 3. The third-order valence-corrected chi connectivity index (χ3v) is 14.5. The van der Waals surface area contributed by atoms with Crippen molar-refractivity contribution in [3.05, 3.63) is 29.3 Å². The van der Waals surface area contributed by atoms with Crippen LogP contribution in [0, 0.1) is 29.1 Å². The smallest absolute Gasteiger partial charge is 0.191 e. The molecule has 2 fully saturated rings. The molecule has 0 unspecified atom stereocenters. The Kier molecular flexibility index (Phi) is 5.93. The van der Waals surface area contributed by atoms with Gasteiger partial charge in [0.15, 0.2) is 8.32 Å². The number of benzene rings is 1. The first kappa shape index (κ1) is 23.3. The molecule has 1 N–H and O–H groups in total. The highest BCUT2D eigenvalue weighted by Crippen LogP contribution is 2.64. The van der Waals surface area contributed by atoms with Crippen molar-refractivity contribution in [2.24, 2.45) is 29.1 Å². The predicted molar refractivity (Wildman–Crippen MR) is 130 cm³/mol. The first-order valence-electron chi connectivity index (χ1n) is 12.4. The first-order chi connectivity index (χ1) is 14.4. The van der Waals surface area contributed by atoms with Crippen molar-refractivity contribution in [1.82, 2.24) is 0 Å². The molecule has 1 aromatic rings. The van der Waals surface area contributed by atoms with E-state index in [1.54, 1.807) is 12.7 Å². The summed E-state index contributed by atoms with van der Waals surface area (Å²) in [5.74, 6) is 3.74. The lowest BCUT2D eigenvalue weighted by molar-refractivity contribution is -0.0190. The van der Waals surface area contributed by atoms with E-state index in [1.165, 1.54) is 18.4 Å². The number of rotatable bonds is 4. The topological polar surface area (TPSA) is 38.7 Å². The Hall–Kier alpha value is -0.843. The molecule has 0 radical (unpaired) electrons. The van der Waals surface area contributed by atoms with E-state index in [1.807, 2.05) is 0 Å². The number of methoxy groups -OCH3 is 1. The molecule has 0 spiro atoms. The molecule has 0 amide bonds. The van der Waals surface area contributed by atoms with Crippen molar-refractivity contribution in [3.8, 4) is 5.75 Å². The fourth-order valence-corrected chi connectivity index (χ4v) is 8.05. The fraction of sp³-hybridized carbons (Fsp3) is 0.778. The van der Waals surface area contributed by atoms with Crippen LogP contribution in [0.5, 0.6) is 5.75 Å². The monoisotopic (exact) mass is 444 g/mol. The summed E-state index contributed by atoms with van der Waals surface area (Å²) in [7, 11) is -0.0603. The van der Waals surface area contributed by atoms with Crippen molar-refractivity contribution >= 4 is 8.32 Å². The van der Waals surface area contributed by atoms with Gasteiger partial charge in [-0.3, -0.25) is 0 Å². The van der Waals surface area contributed by atoms with Crippen LogP contribution in [0.2, 0.25) is 18.1 Å². The highest BCUT2D eigenvalue weighted by molar-refractivity contribution is 6.74. The van der Waals surface area contributed by atoms with Crippen LogP contribution in [0.1, 0.15) is 70.9 Å². The molecule has 3 nitrogen and oxygen atoms in total. The van der Waals surface area contributed by atoms with Crippen LogP contribution in [-0.4, -0.2) is 33.2 Å². The lowest BCUT2D eigenvalue weighted by atomic mass is 9.52. The maximum absolute atomic E-state index is 11.2. The normalized spacial score (nSPS) is 37.7. The number of aliphatic hydroxyl groups is 1. The average Bonchev–Trinajstić information content (AvgIpc) is 2.94. The maximum atomic E-state index is 11.2. The van der Waals surface area contributed by atoms with Gasteiger partial charge in [0.2, 0.25) is 0 Å². The Morgan fingerprint density at radius 3 is 2.58 bits per heavy atom. The summed E-state index contributed by atoms with van der Waals surface area (Å²) in [6.07, 6.45) is 4.26. The third kappa shape index (κ3) is 3.81. The van der Waals surface area contributed by atoms with Gasteiger partial charge >= 0.3 is 0 Å². The Morgan fingerprint density at radius 2 is 1.94 bits per heavy atom. The largest absolute Gasteiger partial charge is 0.497 e. The third-order valence-electron chi connectivity index (χ3n) is 9.96. The highest BCUT2D eigenvalue weighted by atomic mass is 28.4. The molecule has 4 heteroatoms. The minimum atomic E-state index is -1.82. The Bertz CT molecular complexity index is 813. The van der Waals surface area contributed by atoms with Crippen LogP contribution in [0.4, 0.5) is 0 Å². The van der Waals surface area contributed by atoms with E-state index in [0.717, 1.165) is 25.2 Å². The summed E-state index contributed by atoms with van der Waals surface area (Å²) in [5.41, 5.74) is 3.20. The molecule has 0 saturated heterocycles. The van der Waals surface area contributed by atoms with Gasteiger partial charge in [0, 0.05) is 12.5 Å². The highest BCUT2D eigenvalue weighted by Gasteiger charge is 2.59. The molecule has 7 atom stereocenters. The summed E-state index contributed by atoms with van der Waals surface area (Å²) in [5, 5.41) is 11.4. The summed E-state index contributed by atoms with van der Waals surface area (Å²) >= 11 is 0. The molecule has 3 aliphatic carbocycles. The van der Waals surface area contributed by atoms with E-state index in [4.69, 9.17) is 9.16 Å². The minimum Gasteiger partial charge on any atom is -0.497 e. The molecule has 0 bridgehead atoms. The molecule has 31 heavy (non-hydrogen) atoms. The molecule has 3 aliphatic rings. The number of aliphatic hydroxyl groups excluding tert-OH is 1. The van der Waals surface area contributed by atoms with Crippen molar-refractivity contribution in [3.63, 3.8) is 0 Å². The average molecular weight is 445 g/mol. The van der Waals surface area contributed by atoms with Crippen LogP contribution in [-0.2, 0) is 10.8 Å². The van der Waals surface area contributed by atoms with Crippen molar-refractivity contribution in [2.45, 2.75) is 90.5 Å². The van der Waals surface area contributed by atoms with Gasteiger partial charge in [0.25, 0.3) is 0 Å². The number of ether oxygens (including phenoxy) is 1. The quantitative estimate of drug-likeness (QED) is 0.546. The molecular weight excluding hydrogens is 400 g/mol. The summed E-state index contributed by atoms with van der Waals surface area (Å²) < 4.78 is 12.2. The van der Waals surface area contributed by atoms with Crippen LogP contribution < -0.4 is 4.74 Å². The molecule has 0 aliphatic heterocycles. The lowest BCUT2D eigenvalue weighted by Crippen LogP contribution is -2.48. The molecule has 0 aromatic heterocycles. The van der Waals surface area contributed by atoms with E-state index >= 15 is 0 Å². The first-order valence-corrected chi connectivity index (χ1v) is 15.3. The van der Waals surface area contributed by atoms with Crippen LogP contribution >= 0.6 is 0 Å². The van der Waals surface area contributed by atoms with Crippen molar-refractivity contribution in [2.75, 3.05) is 13.7 Å². The minimum absolute atomic E-state index is 0.182. The lowest BCUT2D eigenvalue weighted by Gasteiger charge is -2.53. The zero-order valence-electron chi connectivity index (χ0n) is 21.0. The predicted octanol–water partition coefficient (Wildman–Crippen LogP) is 6.41. The molecule has 174 valence electrons. The second-order valence-electron chi connectivity index (χ2n) is 12.6. The van der Waals surface area contributed by atoms with Gasteiger partial charge in [-0.25, -0.2) is 0 Å². The van der Waals surface area contributed by atoms with Gasteiger partial charge in [-0.15, -0.1) is 0 Å². The summed E-state index contributed by atoms with van der Waals surface area (Å²) in [6, 6.07) is 6.72. The number of hydrogen-bond donors (Lipinski definition) is 1. The van der Waals surface area contributed by atoms with Gasteiger partial charge in [0.05, 0.1) is 13.2 Å².